The Morgan fingerprint density at radius 3 is 2.20 bits per heavy atom. The van der Waals surface area contributed by atoms with Crippen LogP contribution >= 0.6 is 0 Å². The molecule has 0 saturated heterocycles. The molecular formula is C17H11F5N2O. The maximum absolute atomic E-state index is 13.6. The number of nitrogens with zero attached hydrogens (tertiary/aromatic N) is 1. The lowest BCUT2D eigenvalue weighted by atomic mass is 10.1. The molecule has 0 aliphatic heterocycles. The van der Waals surface area contributed by atoms with Crippen LogP contribution < -0.4 is 5.43 Å². The van der Waals surface area contributed by atoms with E-state index < -0.39 is 34.8 Å². The van der Waals surface area contributed by atoms with Crippen molar-refractivity contribution in [3.8, 4) is 0 Å². The lowest BCUT2D eigenvalue weighted by Crippen LogP contribution is -2.06. The molecule has 0 unspecified atom stereocenters. The van der Waals surface area contributed by atoms with E-state index in [-0.39, 0.29) is 0 Å². The molecule has 0 saturated carbocycles. The predicted molar refractivity (Wildman–Crippen MR) is 83.0 cm³/mol. The van der Waals surface area contributed by atoms with Gasteiger partial charge in [-0.15, -0.1) is 0 Å². The molecule has 130 valence electrons. The quantitative estimate of drug-likeness (QED) is 0.232. The van der Waals surface area contributed by atoms with Gasteiger partial charge in [0.1, 0.15) is 17.0 Å². The summed E-state index contributed by atoms with van der Waals surface area (Å²) in [6.07, 6.45) is 1.74. The van der Waals surface area contributed by atoms with Gasteiger partial charge in [0.2, 0.25) is 5.82 Å². The van der Waals surface area contributed by atoms with Crippen LogP contribution in [-0.4, -0.2) is 6.21 Å². The molecule has 0 fully saturated rings. The number of para-hydroxylation sites is 1. The first kappa shape index (κ1) is 16.9. The highest BCUT2D eigenvalue weighted by Gasteiger charge is 2.25. The van der Waals surface area contributed by atoms with Gasteiger partial charge < -0.3 is 4.42 Å². The highest BCUT2D eigenvalue weighted by Crippen LogP contribution is 2.28. The Bertz CT molecular complexity index is 952. The van der Waals surface area contributed by atoms with Crippen molar-refractivity contribution in [2.24, 2.45) is 5.10 Å². The highest BCUT2D eigenvalue weighted by molar-refractivity contribution is 5.99. The molecule has 0 amide bonds. The van der Waals surface area contributed by atoms with Gasteiger partial charge in [0.05, 0.1) is 6.21 Å². The highest BCUT2D eigenvalue weighted by atomic mass is 19.2. The summed E-state index contributed by atoms with van der Waals surface area (Å²) in [5, 5.41) is 4.32. The Labute approximate surface area is 138 Å². The lowest BCUT2D eigenvalue weighted by Gasteiger charge is -2.06. The van der Waals surface area contributed by atoms with Crippen molar-refractivity contribution in [1.29, 1.82) is 0 Å². The number of fused-ring (bicyclic) bond motifs is 1. The van der Waals surface area contributed by atoms with Crippen molar-refractivity contribution in [3.05, 3.63) is 64.7 Å². The second-order valence-corrected chi connectivity index (χ2v) is 5.10. The third-order valence-electron chi connectivity index (χ3n) is 3.61. The summed E-state index contributed by atoms with van der Waals surface area (Å²) >= 11 is 0. The number of nitrogens with one attached hydrogen (secondary N) is 1. The van der Waals surface area contributed by atoms with Crippen LogP contribution in [-0.2, 0) is 6.42 Å². The van der Waals surface area contributed by atoms with Crippen LogP contribution in [0.25, 0.3) is 11.0 Å². The fraction of sp³-hybridized carbons (Fsp3) is 0.118. The van der Waals surface area contributed by atoms with Crippen LogP contribution in [0.5, 0.6) is 0 Å². The minimum atomic E-state index is -2.22. The molecule has 8 heteroatoms. The van der Waals surface area contributed by atoms with E-state index in [0.717, 1.165) is 0 Å². The smallest absolute Gasteiger partial charge is 0.200 e. The van der Waals surface area contributed by atoms with Crippen LogP contribution in [0.4, 0.5) is 27.6 Å². The zero-order chi connectivity index (χ0) is 18.1. The molecule has 3 aromatic rings. The lowest BCUT2D eigenvalue weighted by molar-refractivity contribution is 0.381. The second-order valence-electron chi connectivity index (χ2n) is 5.10. The zero-order valence-electron chi connectivity index (χ0n) is 12.8. The first-order valence-corrected chi connectivity index (χ1v) is 7.26. The summed E-state index contributed by atoms with van der Waals surface area (Å²) in [7, 11) is 0. The standard InChI is InChI=1S/C17H11F5N2O/c1-2-10-9(8-5-3-4-6-11(8)25-10)7-23-24-17-15(21)13(19)12(18)14(20)16(17)22/h3-7,24H,2H2,1H3/b23-7-. The molecule has 1 heterocycles. The van der Waals surface area contributed by atoms with Crippen LogP contribution in [0.1, 0.15) is 18.2 Å². The summed E-state index contributed by atoms with van der Waals surface area (Å²) in [5.41, 5.74) is 1.80. The van der Waals surface area contributed by atoms with E-state index in [9.17, 15) is 22.0 Å². The fourth-order valence-corrected chi connectivity index (χ4v) is 2.38. The molecule has 3 nitrogen and oxygen atoms in total. The molecule has 25 heavy (non-hydrogen) atoms. The van der Waals surface area contributed by atoms with Crippen LogP contribution in [0.3, 0.4) is 0 Å². The van der Waals surface area contributed by atoms with Crippen LogP contribution in [0.15, 0.2) is 33.8 Å². The minimum absolute atomic E-state index is 0.526. The maximum Gasteiger partial charge on any atom is 0.200 e. The molecular weight excluding hydrogens is 343 g/mol. The average molecular weight is 354 g/mol. The number of rotatable bonds is 4. The van der Waals surface area contributed by atoms with Crippen molar-refractivity contribution in [2.75, 3.05) is 5.43 Å². The van der Waals surface area contributed by atoms with E-state index in [1.807, 2.05) is 12.3 Å². The molecule has 0 aliphatic rings. The number of benzene rings is 2. The summed E-state index contributed by atoms with van der Waals surface area (Å²) < 4.78 is 72.1. The van der Waals surface area contributed by atoms with Gasteiger partial charge in [-0.05, 0) is 6.07 Å². The summed E-state index contributed by atoms with van der Waals surface area (Å²) in [4.78, 5) is 0. The Kier molecular flexibility index (Phi) is 4.43. The largest absolute Gasteiger partial charge is 0.460 e. The summed E-state index contributed by atoms with van der Waals surface area (Å²) in [6, 6.07) is 7.05. The number of hydrogen-bond acceptors (Lipinski definition) is 3. The zero-order valence-corrected chi connectivity index (χ0v) is 12.8. The molecule has 1 aromatic heterocycles. The molecule has 3 rings (SSSR count). The molecule has 0 atom stereocenters. The molecule has 2 aromatic carbocycles. The monoisotopic (exact) mass is 354 g/mol. The van der Waals surface area contributed by atoms with Gasteiger partial charge in [0.15, 0.2) is 23.3 Å². The van der Waals surface area contributed by atoms with E-state index in [1.165, 1.54) is 6.21 Å². The molecule has 0 aliphatic carbocycles. The minimum Gasteiger partial charge on any atom is -0.460 e. The number of anilines is 1. The Morgan fingerprint density at radius 2 is 1.56 bits per heavy atom. The maximum atomic E-state index is 13.6. The topological polar surface area (TPSA) is 37.5 Å². The Morgan fingerprint density at radius 1 is 0.960 bits per heavy atom. The third-order valence-corrected chi connectivity index (χ3v) is 3.61. The molecule has 0 radical (unpaired) electrons. The Balaban J connectivity index is 1.98. The van der Waals surface area contributed by atoms with Crippen LogP contribution in [0, 0.1) is 29.1 Å². The van der Waals surface area contributed by atoms with E-state index >= 15 is 0 Å². The van der Waals surface area contributed by atoms with Gasteiger partial charge in [-0.1, -0.05) is 25.1 Å². The molecule has 1 N–H and O–H groups in total. The Hall–Kier alpha value is -2.90. The first-order valence-electron chi connectivity index (χ1n) is 7.26. The van der Waals surface area contributed by atoms with Crippen LogP contribution in [0.2, 0.25) is 0 Å². The van der Waals surface area contributed by atoms with Crippen molar-refractivity contribution >= 4 is 22.9 Å². The number of halogens is 5. The summed E-state index contributed by atoms with van der Waals surface area (Å²) in [6.45, 7) is 1.84. The number of aryl methyl sites for hydroxylation is 1. The average Bonchev–Trinajstić information content (AvgIpc) is 2.99. The summed E-state index contributed by atoms with van der Waals surface area (Å²) in [5.74, 6) is -9.70. The first-order chi connectivity index (χ1) is 12.0. The fourth-order valence-electron chi connectivity index (χ4n) is 2.38. The van der Waals surface area contributed by atoms with Gasteiger partial charge in [0, 0.05) is 17.4 Å². The van der Waals surface area contributed by atoms with Gasteiger partial charge >= 0.3 is 0 Å². The normalized spacial score (nSPS) is 11.6. The van der Waals surface area contributed by atoms with E-state index in [4.69, 9.17) is 4.42 Å². The van der Waals surface area contributed by atoms with Crippen molar-refractivity contribution in [1.82, 2.24) is 0 Å². The number of hydrazone groups is 1. The van der Waals surface area contributed by atoms with Crippen molar-refractivity contribution in [3.63, 3.8) is 0 Å². The second kappa shape index (κ2) is 6.54. The van der Waals surface area contributed by atoms with E-state index in [1.54, 1.807) is 24.3 Å². The van der Waals surface area contributed by atoms with Crippen molar-refractivity contribution < 1.29 is 26.4 Å². The van der Waals surface area contributed by atoms with Crippen molar-refractivity contribution in [2.45, 2.75) is 13.3 Å². The SMILES string of the molecule is CCc1oc2ccccc2c1/C=N\Nc1c(F)c(F)c(F)c(F)c1F. The van der Waals surface area contributed by atoms with Gasteiger partial charge in [-0.2, -0.15) is 5.10 Å². The number of hydrogen-bond donors (Lipinski definition) is 1. The van der Waals surface area contributed by atoms with Gasteiger partial charge in [-0.25, -0.2) is 22.0 Å². The number of furan rings is 1. The predicted octanol–water partition coefficient (Wildman–Crippen LogP) is 5.14. The third kappa shape index (κ3) is 2.84. The van der Waals surface area contributed by atoms with Gasteiger partial charge in [0.25, 0.3) is 0 Å². The molecule has 0 bridgehead atoms. The van der Waals surface area contributed by atoms with E-state index in [2.05, 4.69) is 5.10 Å². The van der Waals surface area contributed by atoms with E-state index in [0.29, 0.717) is 28.7 Å². The van der Waals surface area contributed by atoms with Gasteiger partial charge in [-0.3, -0.25) is 5.43 Å². The molecule has 0 spiro atoms.